The number of hydrogen-bond acceptors (Lipinski definition) is 7. The zero-order valence-corrected chi connectivity index (χ0v) is 10.7. The molecule has 0 spiro atoms. The van der Waals surface area contributed by atoms with Crippen molar-refractivity contribution in [3.63, 3.8) is 0 Å². The third-order valence-corrected chi connectivity index (χ3v) is 1.93. The topological polar surface area (TPSA) is 84.0 Å². The second kappa shape index (κ2) is 8.70. The van der Waals surface area contributed by atoms with E-state index in [1.165, 1.54) is 6.33 Å². The van der Waals surface area contributed by atoms with Crippen LogP contribution >= 0.6 is 0 Å². The van der Waals surface area contributed by atoms with Crippen LogP contribution in [0.2, 0.25) is 0 Å². The Morgan fingerprint density at radius 3 is 2.84 bits per heavy atom. The zero-order valence-electron chi connectivity index (χ0n) is 10.7. The summed E-state index contributed by atoms with van der Waals surface area (Å²) in [5.41, 5.74) is 2.50. The highest BCUT2D eigenvalue weighted by atomic mass is 16.6. The summed E-state index contributed by atoms with van der Waals surface area (Å²) in [5, 5.41) is 6.06. The van der Waals surface area contributed by atoms with Crippen molar-refractivity contribution >= 4 is 11.9 Å². The minimum absolute atomic E-state index is 0.111. The molecule has 7 nitrogen and oxygen atoms in total. The number of nitrogens with one attached hydrogen (secondary N) is 3. The molecule has 1 rings (SSSR count). The van der Waals surface area contributed by atoms with E-state index in [1.807, 2.05) is 6.92 Å². The molecule has 1 unspecified atom stereocenters. The predicted octanol–water partition coefficient (Wildman–Crippen LogP) is 0.219. The first kappa shape index (κ1) is 14.7. The van der Waals surface area contributed by atoms with Gasteiger partial charge in [0.25, 0.3) is 5.95 Å². The van der Waals surface area contributed by atoms with Gasteiger partial charge in [0.15, 0.2) is 0 Å². The quantitative estimate of drug-likeness (QED) is 0.267. The number of terminal acetylenes is 2. The van der Waals surface area contributed by atoms with E-state index in [-0.39, 0.29) is 18.7 Å². The molecule has 0 aromatic carbocycles. The van der Waals surface area contributed by atoms with Crippen molar-refractivity contribution in [2.75, 3.05) is 23.9 Å². The maximum atomic E-state index is 5.39. The Labute approximate surface area is 112 Å². The third-order valence-electron chi connectivity index (χ3n) is 1.93. The van der Waals surface area contributed by atoms with E-state index in [2.05, 4.69) is 42.9 Å². The van der Waals surface area contributed by atoms with Crippen molar-refractivity contribution in [3.05, 3.63) is 6.33 Å². The van der Waals surface area contributed by atoms with Crippen molar-refractivity contribution < 1.29 is 4.84 Å². The van der Waals surface area contributed by atoms with Crippen LogP contribution in [-0.2, 0) is 4.84 Å². The van der Waals surface area contributed by atoms with Gasteiger partial charge in [-0.3, -0.25) is 10.2 Å². The van der Waals surface area contributed by atoms with E-state index in [0.29, 0.717) is 5.95 Å². The second-order valence-electron chi connectivity index (χ2n) is 3.43. The van der Waals surface area contributed by atoms with Crippen LogP contribution in [-0.4, -0.2) is 34.3 Å². The highest BCUT2D eigenvalue weighted by Crippen LogP contribution is 2.02. The lowest BCUT2D eigenvalue weighted by molar-refractivity contribution is 0.230. The number of hydrogen-bond donors (Lipinski definition) is 3. The van der Waals surface area contributed by atoms with Crippen molar-refractivity contribution in [2.45, 2.75) is 19.5 Å². The average molecular weight is 260 g/mol. The number of rotatable bonds is 8. The Balaban J connectivity index is 2.56. The number of anilines is 2. The van der Waals surface area contributed by atoms with Gasteiger partial charge < -0.3 is 5.32 Å². The van der Waals surface area contributed by atoms with Crippen LogP contribution in [0, 0.1) is 24.7 Å². The van der Waals surface area contributed by atoms with Crippen molar-refractivity contribution in [1.82, 2.24) is 20.3 Å². The summed E-state index contributed by atoms with van der Waals surface area (Å²) in [6.45, 7) is 2.96. The number of nitrogens with zero attached hydrogens (tertiary/aromatic N) is 3. The largest absolute Gasteiger partial charge is 0.328 e. The van der Waals surface area contributed by atoms with Crippen molar-refractivity contribution in [3.8, 4) is 24.7 Å². The minimum atomic E-state index is -0.346. The maximum absolute atomic E-state index is 5.39. The van der Waals surface area contributed by atoms with Crippen LogP contribution in [0.1, 0.15) is 13.3 Å². The molecule has 0 fully saturated rings. The molecule has 1 atom stereocenters. The lowest BCUT2D eigenvalue weighted by atomic mass is 10.4. The SMILES string of the molecule is C#CCONc1ncnc(NC(C#C)NCCC)n1. The molecule has 100 valence electrons. The molecular weight excluding hydrogens is 244 g/mol. The minimum Gasteiger partial charge on any atom is -0.328 e. The molecule has 1 aromatic heterocycles. The van der Waals surface area contributed by atoms with Gasteiger partial charge in [0, 0.05) is 0 Å². The molecule has 1 heterocycles. The molecule has 3 N–H and O–H groups in total. The van der Waals surface area contributed by atoms with Crippen LogP contribution in [0.15, 0.2) is 6.33 Å². The van der Waals surface area contributed by atoms with E-state index in [9.17, 15) is 0 Å². The molecule has 0 bridgehead atoms. The van der Waals surface area contributed by atoms with Gasteiger partial charge in [-0.25, -0.2) is 10.5 Å². The van der Waals surface area contributed by atoms with Crippen LogP contribution < -0.4 is 16.1 Å². The summed E-state index contributed by atoms with van der Waals surface area (Å²) in [6.07, 6.45) is 12.4. The van der Waals surface area contributed by atoms with Crippen LogP contribution in [0.4, 0.5) is 11.9 Å². The van der Waals surface area contributed by atoms with E-state index < -0.39 is 0 Å². The Bertz CT molecular complexity index is 464. The standard InChI is InChI=1S/C12H16N6O/c1-4-7-13-10(6-3)16-11-14-9-15-12(17-11)18-19-8-5-2/h2-3,9-10,13H,4,7-8H2,1H3,(H2,14,15,16,17,18). The monoisotopic (exact) mass is 260 g/mol. The van der Waals surface area contributed by atoms with Crippen molar-refractivity contribution in [1.29, 1.82) is 0 Å². The first-order valence-corrected chi connectivity index (χ1v) is 5.76. The first-order chi connectivity index (χ1) is 9.30. The Morgan fingerprint density at radius 2 is 2.16 bits per heavy atom. The summed E-state index contributed by atoms with van der Waals surface area (Å²) < 4.78 is 0. The highest BCUT2D eigenvalue weighted by Gasteiger charge is 2.06. The molecule has 0 amide bonds. The average Bonchev–Trinajstić information content (AvgIpc) is 2.44. The molecule has 0 aliphatic carbocycles. The van der Waals surface area contributed by atoms with Crippen molar-refractivity contribution in [2.24, 2.45) is 0 Å². The van der Waals surface area contributed by atoms with Crippen LogP contribution in [0.25, 0.3) is 0 Å². The first-order valence-electron chi connectivity index (χ1n) is 5.76. The van der Waals surface area contributed by atoms with Gasteiger partial charge >= 0.3 is 0 Å². The molecular formula is C12H16N6O. The summed E-state index contributed by atoms with van der Waals surface area (Å²) in [6, 6.07) is 0. The van der Waals surface area contributed by atoms with E-state index in [4.69, 9.17) is 17.7 Å². The van der Waals surface area contributed by atoms with Gasteiger partial charge in [0.05, 0.1) is 0 Å². The van der Waals surface area contributed by atoms with E-state index >= 15 is 0 Å². The molecule has 19 heavy (non-hydrogen) atoms. The van der Waals surface area contributed by atoms with E-state index in [0.717, 1.165) is 13.0 Å². The number of aromatic nitrogens is 3. The Morgan fingerprint density at radius 1 is 1.37 bits per heavy atom. The van der Waals surface area contributed by atoms with Gasteiger partial charge in [-0.15, -0.1) is 12.8 Å². The molecule has 0 aliphatic heterocycles. The fourth-order valence-electron chi connectivity index (χ4n) is 1.13. The van der Waals surface area contributed by atoms with Gasteiger partial charge in [-0.1, -0.05) is 18.8 Å². The second-order valence-corrected chi connectivity index (χ2v) is 3.43. The normalized spacial score (nSPS) is 11.1. The lowest BCUT2D eigenvalue weighted by Gasteiger charge is -2.14. The van der Waals surface area contributed by atoms with E-state index in [1.54, 1.807) is 0 Å². The fourth-order valence-corrected chi connectivity index (χ4v) is 1.13. The molecule has 7 heteroatoms. The third kappa shape index (κ3) is 5.68. The predicted molar refractivity (Wildman–Crippen MR) is 72.8 cm³/mol. The zero-order chi connectivity index (χ0) is 13.9. The summed E-state index contributed by atoms with van der Waals surface area (Å²) in [7, 11) is 0. The molecule has 0 saturated carbocycles. The maximum Gasteiger partial charge on any atom is 0.251 e. The van der Waals surface area contributed by atoms with Gasteiger partial charge in [0.2, 0.25) is 5.95 Å². The Hall–Kier alpha value is -2.35. The molecule has 0 saturated heterocycles. The lowest BCUT2D eigenvalue weighted by Crippen LogP contribution is -2.36. The van der Waals surface area contributed by atoms with Gasteiger partial charge in [-0.05, 0) is 13.0 Å². The molecule has 1 aromatic rings. The highest BCUT2D eigenvalue weighted by molar-refractivity contribution is 5.34. The van der Waals surface area contributed by atoms with Gasteiger partial charge in [0.1, 0.15) is 19.1 Å². The fraction of sp³-hybridized carbons (Fsp3) is 0.417. The van der Waals surface area contributed by atoms with Crippen LogP contribution in [0.3, 0.4) is 0 Å². The summed E-state index contributed by atoms with van der Waals surface area (Å²) in [5.74, 6) is 5.46. The van der Waals surface area contributed by atoms with Gasteiger partial charge in [-0.2, -0.15) is 9.97 Å². The molecule has 0 radical (unpaired) electrons. The van der Waals surface area contributed by atoms with Crippen LogP contribution in [0.5, 0.6) is 0 Å². The Kier molecular flexibility index (Phi) is 6.73. The molecule has 0 aliphatic rings. The summed E-state index contributed by atoms with van der Waals surface area (Å²) >= 11 is 0. The smallest absolute Gasteiger partial charge is 0.251 e. The summed E-state index contributed by atoms with van der Waals surface area (Å²) in [4.78, 5) is 16.8.